The third-order valence-electron chi connectivity index (χ3n) is 5.89. The minimum atomic E-state index is -1.34. The van der Waals surface area contributed by atoms with E-state index in [1.54, 1.807) is 20.8 Å². The van der Waals surface area contributed by atoms with Gasteiger partial charge in [0.25, 0.3) is 11.8 Å². The molecule has 2 aromatic rings. The molecule has 2 aromatic carbocycles. The highest BCUT2D eigenvalue weighted by atomic mass is 16.6. The van der Waals surface area contributed by atoms with Crippen molar-refractivity contribution in [2.45, 2.75) is 39.0 Å². The highest BCUT2D eigenvalue weighted by Crippen LogP contribution is 2.13. The van der Waals surface area contributed by atoms with Crippen molar-refractivity contribution in [1.29, 1.82) is 5.41 Å². The minimum absolute atomic E-state index is 0.0982. The molecular formula is C28H35N5O6. The molecule has 11 heteroatoms. The smallest absolute Gasteiger partial charge is 0.338 e. The number of nitrogens with zero attached hydrogens (tertiary/aromatic N) is 2. The highest BCUT2D eigenvalue weighted by molar-refractivity contribution is 6.09. The fraction of sp³-hybridized carbons (Fsp3) is 0.393. The van der Waals surface area contributed by atoms with Crippen molar-refractivity contribution in [2.24, 2.45) is 5.73 Å². The van der Waals surface area contributed by atoms with E-state index >= 15 is 0 Å². The van der Waals surface area contributed by atoms with Gasteiger partial charge in [-0.05, 0) is 50.6 Å². The minimum Gasteiger partial charge on any atom is -0.460 e. The summed E-state index contributed by atoms with van der Waals surface area (Å²) in [5.41, 5.74) is 6.38. The average Bonchev–Trinajstić information content (AvgIpc) is 2.90. The van der Waals surface area contributed by atoms with Gasteiger partial charge in [0.05, 0.1) is 12.1 Å². The van der Waals surface area contributed by atoms with Crippen molar-refractivity contribution in [3.05, 3.63) is 71.3 Å². The maximum Gasteiger partial charge on any atom is 0.338 e. The van der Waals surface area contributed by atoms with E-state index < -0.39 is 35.3 Å². The lowest BCUT2D eigenvalue weighted by Gasteiger charge is -2.35. The Morgan fingerprint density at radius 3 is 2.10 bits per heavy atom. The van der Waals surface area contributed by atoms with Gasteiger partial charge in [0.15, 0.2) is 6.04 Å². The molecule has 1 unspecified atom stereocenters. The normalized spacial score (nSPS) is 14.7. The highest BCUT2D eigenvalue weighted by Gasteiger charge is 2.31. The third-order valence-corrected chi connectivity index (χ3v) is 5.89. The number of ether oxygens (including phenoxy) is 2. The van der Waals surface area contributed by atoms with E-state index in [-0.39, 0.29) is 30.2 Å². The summed E-state index contributed by atoms with van der Waals surface area (Å²) in [7, 11) is 0. The number of amidine groups is 1. The number of esters is 2. The second-order valence-corrected chi connectivity index (χ2v) is 10.2. The molecule has 0 bridgehead atoms. The maximum atomic E-state index is 13.1. The maximum absolute atomic E-state index is 13.1. The van der Waals surface area contributed by atoms with Crippen molar-refractivity contribution >= 4 is 29.6 Å². The lowest BCUT2D eigenvalue weighted by molar-refractivity contribution is -0.147. The van der Waals surface area contributed by atoms with E-state index in [0.29, 0.717) is 26.2 Å². The number of rotatable bonds is 9. The van der Waals surface area contributed by atoms with Crippen LogP contribution >= 0.6 is 0 Å². The van der Waals surface area contributed by atoms with Crippen molar-refractivity contribution in [3.63, 3.8) is 0 Å². The molecular weight excluding hydrogens is 502 g/mol. The van der Waals surface area contributed by atoms with E-state index in [1.807, 2.05) is 35.2 Å². The Balaban J connectivity index is 1.50. The third kappa shape index (κ3) is 8.92. The molecule has 11 nitrogen and oxygen atoms in total. The zero-order valence-corrected chi connectivity index (χ0v) is 22.4. The van der Waals surface area contributed by atoms with E-state index in [9.17, 15) is 19.2 Å². The van der Waals surface area contributed by atoms with E-state index in [0.717, 1.165) is 5.56 Å². The molecule has 1 heterocycles. The summed E-state index contributed by atoms with van der Waals surface area (Å²) in [6.45, 7) is 7.02. The molecule has 0 radical (unpaired) electrons. The SMILES string of the molecule is CC(C)(C)OC(=O)c1ccc(C(=O)NC(C(=N)N)C(=O)N2CCN(CC(=O)OCc3ccccc3)CC2)cc1. The van der Waals surface area contributed by atoms with Gasteiger partial charge in [-0.1, -0.05) is 30.3 Å². The Bertz CT molecular complexity index is 1190. The number of nitrogens with two attached hydrogens (primary N) is 1. The summed E-state index contributed by atoms with van der Waals surface area (Å²) in [5, 5.41) is 10.4. The first-order valence-electron chi connectivity index (χ1n) is 12.6. The molecule has 208 valence electrons. The van der Waals surface area contributed by atoms with Gasteiger partial charge in [0, 0.05) is 31.7 Å². The Morgan fingerprint density at radius 2 is 1.54 bits per heavy atom. The molecule has 3 rings (SSSR count). The second-order valence-electron chi connectivity index (χ2n) is 10.2. The Kier molecular flexibility index (Phi) is 9.78. The van der Waals surface area contributed by atoms with Crippen LogP contribution in [-0.4, -0.2) is 83.8 Å². The van der Waals surface area contributed by atoms with Crippen LogP contribution in [0.2, 0.25) is 0 Å². The fourth-order valence-electron chi connectivity index (χ4n) is 3.86. The lowest BCUT2D eigenvalue weighted by atomic mass is 10.1. The van der Waals surface area contributed by atoms with Crippen molar-refractivity contribution in [3.8, 4) is 0 Å². The summed E-state index contributed by atoms with van der Waals surface area (Å²) in [6, 6.07) is 13.8. The average molecular weight is 538 g/mol. The number of hydrogen-bond acceptors (Lipinski definition) is 8. The number of amides is 2. The van der Waals surface area contributed by atoms with Gasteiger partial charge in [-0.15, -0.1) is 0 Å². The van der Waals surface area contributed by atoms with E-state index in [4.69, 9.17) is 20.6 Å². The van der Waals surface area contributed by atoms with Crippen LogP contribution in [0.25, 0.3) is 0 Å². The second kappa shape index (κ2) is 13.0. The molecule has 0 aromatic heterocycles. The van der Waals surface area contributed by atoms with Crippen LogP contribution in [0.4, 0.5) is 0 Å². The van der Waals surface area contributed by atoms with Crippen LogP contribution in [0, 0.1) is 5.41 Å². The summed E-state index contributed by atoms with van der Waals surface area (Å²) in [4.78, 5) is 53.7. The van der Waals surface area contributed by atoms with Crippen LogP contribution in [0.15, 0.2) is 54.6 Å². The Hall–Kier alpha value is -4.25. The predicted molar refractivity (Wildman–Crippen MR) is 144 cm³/mol. The van der Waals surface area contributed by atoms with Crippen LogP contribution in [0.5, 0.6) is 0 Å². The number of hydrogen-bond donors (Lipinski definition) is 3. The van der Waals surface area contributed by atoms with Crippen molar-refractivity contribution in [1.82, 2.24) is 15.1 Å². The lowest BCUT2D eigenvalue weighted by Crippen LogP contribution is -2.59. The monoisotopic (exact) mass is 537 g/mol. The number of nitrogens with one attached hydrogen (secondary N) is 2. The molecule has 0 saturated carbocycles. The standard InChI is InChI=1S/C28H35N5O6/c1-28(2,3)39-27(37)21-11-9-20(10-12-21)25(35)31-23(24(29)30)26(36)33-15-13-32(14-16-33)17-22(34)38-18-19-7-5-4-6-8-19/h4-12,23H,13-18H2,1-3H3,(H3,29,30)(H,31,35). The quantitative estimate of drug-likeness (QED) is 0.247. The molecule has 1 saturated heterocycles. The first-order chi connectivity index (χ1) is 18.4. The first-order valence-corrected chi connectivity index (χ1v) is 12.6. The van der Waals surface area contributed by atoms with E-state index in [2.05, 4.69) is 5.32 Å². The van der Waals surface area contributed by atoms with Gasteiger partial charge >= 0.3 is 11.9 Å². The summed E-state index contributed by atoms with van der Waals surface area (Å²) in [5.74, 6) is -2.49. The molecule has 39 heavy (non-hydrogen) atoms. The van der Waals surface area contributed by atoms with Gasteiger partial charge < -0.3 is 25.4 Å². The Labute approximate surface area is 227 Å². The van der Waals surface area contributed by atoms with Gasteiger partial charge in [0.1, 0.15) is 18.0 Å². The van der Waals surface area contributed by atoms with Crippen molar-refractivity contribution < 1.29 is 28.7 Å². The number of piperazine rings is 1. The summed E-state index contributed by atoms with van der Waals surface area (Å²) >= 11 is 0. The largest absolute Gasteiger partial charge is 0.460 e. The molecule has 2 amide bonds. The molecule has 0 aliphatic carbocycles. The van der Waals surface area contributed by atoms with Gasteiger partial charge in [0.2, 0.25) is 0 Å². The van der Waals surface area contributed by atoms with Crippen LogP contribution in [-0.2, 0) is 25.7 Å². The number of carbonyl (C=O) groups excluding carboxylic acids is 4. The van der Waals surface area contributed by atoms with Gasteiger partial charge in [-0.25, -0.2) is 4.79 Å². The zero-order valence-electron chi connectivity index (χ0n) is 22.4. The van der Waals surface area contributed by atoms with Crippen LogP contribution in [0.3, 0.4) is 0 Å². The van der Waals surface area contributed by atoms with Gasteiger partial charge in [-0.3, -0.25) is 24.7 Å². The molecule has 1 aliphatic heterocycles. The molecule has 4 N–H and O–H groups in total. The molecule has 1 fully saturated rings. The molecule has 1 aliphatic rings. The molecule has 1 atom stereocenters. The number of carbonyl (C=O) groups is 4. The number of benzene rings is 2. The fourth-order valence-corrected chi connectivity index (χ4v) is 3.86. The summed E-state index contributed by atoms with van der Waals surface area (Å²) < 4.78 is 10.6. The van der Waals surface area contributed by atoms with E-state index in [1.165, 1.54) is 29.2 Å². The zero-order chi connectivity index (χ0) is 28.6. The molecule has 0 spiro atoms. The van der Waals surface area contributed by atoms with Crippen LogP contribution < -0.4 is 11.1 Å². The van der Waals surface area contributed by atoms with Gasteiger partial charge in [-0.2, -0.15) is 0 Å². The predicted octanol–water partition coefficient (Wildman–Crippen LogP) is 1.56. The summed E-state index contributed by atoms with van der Waals surface area (Å²) in [6.07, 6.45) is 0. The first kappa shape index (κ1) is 29.3. The topological polar surface area (TPSA) is 155 Å². The van der Waals surface area contributed by atoms with Crippen LogP contribution in [0.1, 0.15) is 47.1 Å². The Morgan fingerprint density at radius 1 is 0.949 bits per heavy atom. The van der Waals surface area contributed by atoms with Crippen molar-refractivity contribution in [2.75, 3.05) is 32.7 Å².